The standard InChI is InChI=1S/C33H32Cl3N3O5/c1-32(2,3)44-31(42)39-12-11-22(17-39)43-27-10-8-20(35)14-23(27)29-33(24-9-7-21(36)15-26(24)37-30(33)41)25(16-28(40)38-29)18-5-4-6-19(34)13-18/h4-10,13-15,22,25,29H,11-12,16-17H2,1-3H3,(H,37,41)(H,38,40)/t22-,25-,29+,33-/m0/s1. The normalized spacial score (nSPS) is 24.6. The summed E-state index contributed by atoms with van der Waals surface area (Å²) in [6.45, 7) is 6.27. The smallest absolute Gasteiger partial charge is 0.410 e. The number of benzene rings is 3. The van der Waals surface area contributed by atoms with Crippen LogP contribution in [-0.2, 0) is 19.7 Å². The second-order valence-electron chi connectivity index (χ2n) is 12.5. The average molecular weight is 657 g/mol. The van der Waals surface area contributed by atoms with E-state index in [1.54, 1.807) is 47.4 Å². The van der Waals surface area contributed by atoms with Crippen molar-refractivity contribution in [1.82, 2.24) is 10.2 Å². The van der Waals surface area contributed by atoms with Crippen molar-refractivity contribution in [2.24, 2.45) is 0 Å². The summed E-state index contributed by atoms with van der Waals surface area (Å²) in [7, 11) is 0. The van der Waals surface area contributed by atoms with Crippen LogP contribution in [0.15, 0.2) is 60.7 Å². The number of amides is 3. The van der Waals surface area contributed by atoms with Gasteiger partial charge >= 0.3 is 6.09 Å². The zero-order valence-corrected chi connectivity index (χ0v) is 26.7. The molecule has 8 nitrogen and oxygen atoms in total. The molecule has 3 aliphatic heterocycles. The summed E-state index contributed by atoms with van der Waals surface area (Å²) in [5.74, 6) is -0.642. The van der Waals surface area contributed by atoms with E-state index < -0.39 is 29.1 Å². The van der Waals surface area contributed by atoms with Crippen molar-refractivity contribution in [3.63, 3.8) is 0 Å². The second kappa shape index (κ2) is 11.5. The van der Waals surface area contributed by atoms with Gasteiger partial charge in [-0.25, -0.2) is 4.79 Å². The van der Waals surface area contributed by atoms with Gasteiger partial charge in [0.25, 0.3) is 0 Å². The number of rotatable bonds is 4. The fourth-order valence-corrected chi connectivity index (χ4v) is 7.17. The van der Waals surface area contributed by atoms with Crippen molar-refractivity contribution < 1.29 is 23.9 Å². The molecule has 0 aromatic heterocycles. The maximum Gasteiger partial charge on any atom is 0.410 e. The number of hydrogen-bond donors (Lipinski definition) is 2. The van der Waals surface area contributed by atoms with Gasteiger partial charge < -0.3 is 25.0 Å². The molecule has 0 radical (unpaired) electrons. The maximum absolute atomic E-state index is 14.4. The summed E-state index contributed by atoms with van der Waals surface area (Å²) >= 11 is 19.3. The molecule has 3 heterocycles. The van der Waals surface area contributed by atoms with Gasteiger partial charge in [0.15, 0.2) is 0 Å². The molecule has 3 aromatic rings. The first kappa shape index (κ1) is 30.6. The minimum absolute atomic E-state index is 0.0521. The van der Waals surface area contributed by atoms with Crippen LogP contribution < -0.4 is 15.4 Å². The number of carbonyl (C=O) groups excluding carboxylic acids is 3. The number of piperidine rings is 1. The Labute approximate surface area is 270 Å². The van der Waals surface area contributed by atoms with Crippen molar-refractivity contribution in [3.05, 3.63) is 92.4 Å². The van der Waals surface area contributed by atoms with Crippen LogP contribution >= 0.6 is 34.8 Å². The predicted octanol–water partition coefficient (Wildman–Crippen LogP) is 7.27. The van der Waals surface area contributed by atoms with Gasteiger partial charge in [0, 0.05) is 51.6 Å². The SMILES string of the molecule is CC(C)(C)OC(=O)N1CC[C@H](Oc2ccc(Cl)cc2[C@H]2NC(=O)C[C@@H](c3cccc(Cl)c3)[C@]23C(=O)Nc2cc(Cl)ccc23)C1. The first-order valence-electron chi connectivity index (χ1n) is 14.5. The third-order valence-corrected chi connectivity index (χ3v) is 9.08. The minimum Gasteiger partial charge on any atom is -0.488 e. The van der Waals surface area contributed by atoms with Crippen molar-refractivity contribution in [2.75, 3.05) is 18.4 Å². The fourth-order valence-electron chi connectivity index (χ4n) is 6.62. The van der Waals surface area contributed by atoms with Crippen molar-refractivity contribution in [1.29, 1.82) is 0 Å². The van der Waals surface area contributed by atoms with Crippen LogP contribution in [-0.4, -0.2) is 47.6 Å². The van der Waals surface area contributed by atoms with Gasteiger partial charge in [-0.2, -0.15) is 0 Å². The van der Waals surface area contributed by atoms with Gasteiger partial charge in [-0.15, -0.1) is 0 Å². The van der Waals surface area contributed by atoms with Crippen LogP contribution in [0.3, 0.4) is 0 Å². The lowest BCUT2D eigenvalue weighted by molar-refractivity contribution is -0.131. The molecular formula is C33H32Cl3N3O5. The van der Waals surface area contributed by atoms with Crippen LogP contribution in [0.1, 0.15) is 62.3 Å². The lowest BCUT2D eigenvalue weighted by Crippen LogP contribution is -2.57. The van der Waals surface area contributed by atoms with E-state index in [4.69, 9.17) is 44.3 Å². The molecule has 3 aromatic carbocycles. The molecule has 11 heteroatoms. The summed E-state index contributed by atoms with van der Waals surface area (Å²) in [5.41, 5.74) is 0.664. The molecule has 0 aliphatic carbocycles. The van der Waals surface area contributed by atoms with E-state index in [1.807, 2.05) is 39.0 Å². The molecule has 2 saturated heterocycles. The molecule has 3 aliphatic rings. The zero-order chi connectivity index (χ0) is 31.4. The average Bonchev–Trinajstić information content (AvgIpc) is 3.52. The number of ether oxygens (including phenoxy) is 2. The van der Waals surface area contributed by atoms with E-state index in [1.165, 1.54) is 0 Å². The highest BCUT2D eigenvalue weighted by molar-refractivity contribution is 6.31. The maximum atomic E-state index is 14.4. The zero-order valence-electron chi connectivity index (χ0n) is 24.5. The summed E-state index contributed by atoms with van der Waals surface area (Å²) in [4.78, 5) is 42.2. The van der Waals surface area contributed by atoms with Gasteiger partial charge in [0.1, 0.15) is 22.9 Å². The highest BCUT2D eigenvalue weighted by Gasteiger charge is 2.61. The molecule has 0 unspecified atom stereocenters. The number of anilines is 1. The third-order valence-electron chi connectivity index (χ3n) is 8.38. The summed E-state index contributed by atoms with van der Waals surface area (Å²) < 4.78 is 12.1. The van der Waals surface area contributed by atoms with Crippen LogP contribution in [0.5, 0.6) is 5.75 Å². The van der Waals surface area contributed by atoms with Gasteiger partial charge in [0.2, 0.25) is 11.8 Å². The van der Waals surface area contributed by atoms with E-state index >= 15 is 0 Å². The number of likely N-dealkylation sites (tertiary alicyclic amines) is 1. The van der Waals surface area contributed by atoms with Crippen molar-refractivity contribution in [3.8, 4) is 5.75 Å². The Bertz CT molecular complexity index is 1660. The Morgan fingerprint density at radius 1 is 0.977 bits per heavy atom. The van der Waals surface area contributed by atoms with Crippen molar-refractivity contribution in [2.45, 2.75) is 62.7 Å². The number of hydrogen-bond acceptors (Lipinski definition) is 5. The monoisotopic (exact) mass is 655 g/mol. The molecular weight excluding hydrogens is 625 g/mol. The molecule has 230 valence electrons. The molecule has 2 N–H and O–H groups in total. The Morgan fingerprint density at radius 2 is 1.70 bits per heavy atom. The fraction of sp³-hybridized carbons (Fsp3) is 0.364. The third kappa shape index (κ3) is 5.59. The first-order chi connectivity index (χ1) is 20.8. The van der Waals surface area contributed by atoms with E-state index in [0.717, 1.165) is 5.56 Å². The largest absolute Gasteiger partial charge is 0.488 e. The molecule has 1 spiro atoms. The number of halogens is 3. The molecule has 3 amide bonds. The number of nitrogens with zero attached hydrogens (tertiary/aromatic N) is 1. The van der Waals surface area contributed by atoms with Gasteiger partial charge in [-0.1, -0.05) is 53.0 Å². The van der Waals surface area contributed by atoms with Crippen LogP contribution in [0.2, 0.25) is 15.1 Å². The van der Waals surface area contributed by atoms with Crippen LogP contribution in [0.25, 0.3) is 0 Å². The first-order valence-corrected chi connectivity index (χ1v) is 15.6. The van der Waals surface area contributed by atoms with Gasteiger partial charge in [0.05, 0.1) is 12.6 Å². The summed E-state index contributed by atoms with van der Waals surface area (Å²) in [6.07, 6.45) is -0.113. The van der Waals surface area contributed by atoms with Crippen molar-refractivity contribution >= 4 is 58.4 Å². The second-order valence-corrected chi connectivity index (χ2v) is 13.8. The molecule has 4 atom stereocenters. The quantitative estimate of drug-likeness (QED) is 0.308. The molecule has 2 fully saturated rings. The minimum atomic E-state index is -1.29. The van der Waals surface area contributed by atoms with Gasteiger partial charge in [-0.3, -0.25) is 9.59 Å². The summed E-state index contributed by atoms with van der Waals surface area (Å²) in [6, 6.07) is 16.8. The van der Waals surface area contributed by atoms with E-state index in [0.29, 0.717) is 57.1 Å². The lowest BCUT2D eigenvalue weighted by atomic mass is 9.59. The molecule has 0 saturated carbocycles. The van der Waals surface area contributed by atoms with E-state index in [9.17, 15) is 14.4 Å². The lowest BCUT2D eigenvalue weighted by Gasteiger charge is -2.46. The Kier molecular flexibility index (Phi) is 7.97. The highest BCUT2D eigenvalue weighted by Crippen LogP contribution is 2.58. The Hall–Kier alpha value is -3.46. The Balaban J connectivity index is 1.44. The number of fused-ring (bicyclic) bond motifs is 2. The van der Waals surface area contributed by atoms with Crippen LogP contribution in [0.4, 0.5) is 10.5 Å². The number of nitrogens with one attached hydrogen (secondary N) is 2. The predicted molar refractivity (Wildman–Crippen MR) is 170 cm³/mol. The van der Waals surface area contributed by atoms with Gasteiger partial charge in [-0.05, 0) is 74.4 Å². The highest BCUT2D eigenvalue weighted by atomic mass is 35.5. The molecule has 44 heavy (non-hydrogen) atoms. The van der Waals surface area contributed by atoms with Crippen LogP contribution in [0, 0.1) is 0 Å². The summed E-state index contributed by atoms with van der Waals surface area (Å²) in [5, 5.41) is 7.54. The number of carbonyl (C=O) groups is 3. The Morgan fingerprint density at radius 3 is 2.45 bits per heavy atom. The molecule has 6 rings (SSSR count). The van der Waals surface area contributed by atoms with E-state index in [2.05, 4.69) is 10.6 Å². The topological polar surface area (TPSA) is 97.0 Å². The van der Waals surface area contributed by atoms with E-state index in [-0.39, 0.29) is 24.3 Å². The molecule has 0 bridgehead atoms.